The van der Waals surface area contributed by atoms with Crippen molar-refractivity contribution in [3.8, 4) is 0 Å². The van der Waals surface area contributed by atoms with Crippen LogP contribution < -0.4 is 0 Å². The predicted octanol–water partition coefficient (Wildman–Crippen LogP) is 4.17. The minimum absolute atomic E-state index is 0.519. The molecule has 1 aliphatic rings. The van der Waals surface area contributed by atoms with Gasteiger partial charge in [-0.2, -0.15) is 0 Å². The molecule has 0 radical (unpaired) electrons. The van der Waals surface area contributed by atoms with E-state index in [1.807, 2.05) is 0 Å². The topological polar surface area (TPSA) is 0 Å². The average Bonchev–Trinajstić information content (AvgIpc) is 1.94. The molecule has 0 unspecified atom stereocenters. The van der Waals surface area contributed by atoms with Gasteiger partial charge in [-0.1, -0.05) is 25.5 Å². The minimum atomic E-state index is 0.519. The van der Waals surface area contributed by atoms with Gasteiger partial charge in [-0.3, -0.25) is 0 Å². The van der Waals surface area contributed by atoms with E-state index in [1.165, 1.54) is 31.3 Å². The van der Waals surface area contributed by atoms with E-state index in [9.17, 15) is 0 Å². The van der Waals surface area contributed by atoms with Crippen molar-refractivity contribution in [2.24, 2.45) is 11.3 Å². The molecule has 1 saturated carbocycles. The van der Waals surface area contributed by atoms with Gasteiger partial charge < -0.3 is 0 Å². The van der Waals surface area contributed by atoms with Crippen LogP contribution in [0.1, 0.15) is 53.4 Å². The number of allylic oxidation sites excluding steroid dienone is 2. The molecule has 0 aromatic heterocycles. The number of rotatable bonds is 1. The molecule has 0 saturated heterocycles. The molecule has 70 valence electrons. The molecule has 1 rings (SSSR count). The Hall–Kier alpha value is -0.260. The van der Waals surface area contributed by atoms with E-state index in [1.54, 1.807) is 0 Å². The zero-order valence-electron chi connectivity index (χ0n) is 8.98. The molecule has 0 bridgehead atoms. The van der Waals surface area contributed by atoms with Crippen molar-refractivity contribution in [1.29, 1.82) is 0 Å². The maximum Gasteiger partial charge on any atom is -0.0144 e. The van der Waals surface area contributed by atoms with Crippen molar-refractivity contribution in [3.63, 3.8) is 0 Å². The molecule has 0 amide bonds. The van der Waals surface area contributed by atoms with Gasteiger partial charge in [-0.25, -0.2) is 0 Å². The highest BCUT2D eigenvalue weighted by molar-refractivity contribution is 5.05. The Morgan fingerprint density at radius 1 is 1.25 bits per heavy atom. The van der Waals surface area contributed by atoms with Crippen LogP contribution >= 0.6 is 0 Å². The first kappa shape index (κ1) is 9.83. The van der Waals surface area contributed by atoms with Gasteiger partial charge >= 0.3 is 0 Å². The maximum absolute atomic E-state index is 2.47. The second-order valence-corrected chi connectivity index (χ2v) is 5.06. The van der Waals surface area contributed by atoms with E-state index in [2.05, 4.69) is 33.8 Å². The fourth-order valence-corrected chi connectivity index (χ4v) is 2.26. The van der Waals surface area contributed by atoms with Gasteiger partial charge in [-0.15, -0.1) is 0 Å². The third-order valence-electron chi connectivity index (χ3n) is 3.05. The van der Waals surface area contributed by atoms with Crippen LogP contribution in [0.15, 0.2) is 11.6 Å². The van der Waals surface area contributed by atoms with Crippen molar-refractivity contribution >= 4 is 0 Å². The predicted molar refractivity (Wildman–Crippen MR) is 55.2 cm³/mol. The molecule has 0 aromatic carbocycles. The summed E-state index contributed by atoms with van der Waals surface area (Å²) in [7, 11) is 0. The summed E-state index contributed by atoms with van der Waals surface area (Å²) in [6.45, 7) is 9.21. The summed E-state index contributed by atoms with van der Waals surface area (Å²) < 4.78 is 0. The first-order valence-corrected chi connectivity index (χ1v) is 5.18. The van der Waals surface area contributed by atoms with Crippen molar-refractivity contribution in [2.75, 3.05) is 0 Å². The lowest BCUT2D eigenvalue weighted by molar-refractivity contribution is 0.232. The third kappa shape index (κ3) is 2.66. The lowest BCUT2D eigenvalue weighted by atomic mass is 9.71. The largest absolute Gasteiger partial charge is 0.0799 e. The Morgan fingerprint density at radius 3 is 2.17 bits per heavy atom. The summed E-state index contributed by atoms with van der Waals surface area (Å²) in [5.41, 5.74) is 2.00. The Balaban J connectivity index is 2.56. The summed E-state index contributed by atoms with van der Waals surface area (Å²) in [5, 5.41) is 0. The molecule has 0 N–H and O–H groups in total. The van der Waals surface area contributed by atoms with E-state index in [4.69, 9.17) is 0 Å². The summed E-state index contributed by atoms with van der Waals surface area (Å²) in [4.78, 5) is 0. The normalized spacial score (nSPS) is 36.2. The molecule has 1 fully saturated rings. The van der Waals surface area contributed by atoms with Crippen molar-refractivity contribution in [1.82, 2.24) is 0 Å². The lowest BCUT2D eigenvalue weighted by Crippen LogP contribution is -2.21. The van der Waals surface area contributed by atoms with E-state index in [0.29, 0.717) is 5.41 Å². The monoisotopic (exact) mass is 166 g/mol. The minimum Gasteiger partial charge on any atom is -0.0799 e. The van der Waals surface area contributed by atoms with Crippen LogP contribution in [0.3, 0.4) is 0 Å². The molecular formula is C12H22. The van der Waals surface area contributed by atoms with E-state index < -0.39 is 0 Å². The quantitative estimate of drug-likeness (QED) is 0.513. The van der Waals surface area contributed by atoms with Gasteiger partial charge in [-0.05, 0) is 50.9 Å². The second kappa shape index (κ2) is 3.64. The highest BCUT2D eigenvalue weighted by Crippen LogP contribution is 2.40. The summed E-state index contributed by atoms with van der Waals surface area (Å²) >= 11 is 0. The van der Waals surface area contributed by atoms with Crippen LogP contribution in [0.25, 0.3) is 0 Å². The Bertz CT molecular complexity index is 164. The van der Waals surface area contributed by atoms with Crippen LogP contribution in [0.4, 0.5) is 0 Å². The first-order valence-electron chi connectivity index (χ1n) is 5.18. The zero-order chi connectivity index (χ0) is 9.19. The molecular weight excluding hydrogens is 144 g/mol. The first-order chi connectivity index (χ1) is 5.52. The van der Waals surface area contributed by atoms with Crippen molar-refractivity contribution < 1.29 is 0 Å². The van der Waals surface area contributed by atoms with Gasteiger partial charge in [0.05, 0.1) is 0 Å². The zero-order valence-corrected chi connectivity index (χ0v) is 8.98. The third-order valence-corrected chi connectivity index (χ3v) is 3.05. The summed E-state index contributed by atoms with van der Waals surface area (Å²) in [6, 6.07) is 0. The van der Waals surface area contributed by atoms with Crippen LogP contribution in [-0.2, 0) is 0 Å². The molecule has 0 nitrogen and oxygen atoms in total. The molecule has 12 heavy (non-hydrogen) atoms. The molecule has 1 aliphatic carbocycles. The van der Waals surface area contributed by atoms with E-state index >= 15 is 0 Å². The second-order valence-electron chi connectivity index (χ2n) is 5.06. The molecule has 0 aromatic rings. The highest BCUT2D eigenvalue weighted by Gasteiger charge is 2.26. The Kier molecular flexibility index (Phi) is 2.98. The molecule has 0 heteroatoms. The van der Waals surface area contributed by atoms with Crippen LogP contribution in [0.5, 0.6) is 0 Å². The van der Waals surface area contributed by atoms with Crippen LogP contribution in [0.2, 0.25) is 0 Å². The van der Waals surface area contributed by atoms with Gasteiger partial charge in [0, 0.05) is 0 Å². The smallest absolute Gasteiger partial charge is 0.0144 e. The standard InChI is InChI=1S/C12H22/c1-10(2)9-12(4)7-5-11(3)6-8-12/h9,11H,5-8H2,1-4H3. The number of hydrogen-bond donors (Lipinski definition) is 0. The van der Waals surface area contributed by atoms with Crippen LogP contribution in [0, 0.1) is 11.3 Å². The van der Waals surface area contributed by atoms with Gasteiger partial charge in [0.15, 0.2) is 0 Å². The van der Waals surface area contributed by atoms with Gasteiger partial charge in [0.25, 0.3) is 0 Å². The van der Waals surface area contributed by atoms with E-state index in [-0.39, 0.29) is 0 Å². The van der Waals surface area contributed by atoms with Gasteiger partial charge in [0.1, 0.15) is 0 Å². The summed E-state index contributed by atoms with van der Waals surface area (Å²) in [6.07, 6.45) is 8.08. The van der Waals surface area contributed by atoms with Crippen molar-refractivity contribution in [3.05, 3.63) is 11.6 Å². The van der Waals surface area contributed by atoms with Crippen LogP contribution in [-0.4, -0.2) is 0 Å². The molecule has 0 heterocycles. The fourth-order valence-electron chi connectivity index (χ4n) is 2.26. The average molecular weight is 166 g/mol. The molecule has 0 aliphatic heterocycles. The fraction of sp³-hybridized carbons (Fsp3) is 0.833. The van der Waals surface area contributed by atoms with Crippen molar-refractivity contribution in [2.45, 2.75) is 53.4 Å². The molecule has 0 spiro atoms. The molecule has 0 atom stereocenters. The SMILES string of the molecule is CC(C)=CC1(C)CCC(C)CC1. The summed E-state index contributed by atoms with van der Waals surface area (Å²) in [5.74, 6) is 0.962. The van der Waals surface area contributed by atoms with E-state index in [0.717, 1.165) is 5.92 Å². The number of hydrogen-bond acceptors (Lipinski definition) is 0. The lowest BCUT2D eigenvalue weighted by Gasteiger charge is -2.34. The Morgan fingerprint density at radius 2 is 1.75 bits per heavy atom. The highest BCUT2D eigenvalue weighted by atomic mass is 14.3. The Labute approximate surface area is 77.1 Å². The van der Waals surface area contributed by atoms with Gasteiger partial charge in [0.2, 0.25) is 0 Å². The maximum atomic E-state index is 2.47.